The maximum atomic E-state index is 12.6. The highest BCUT2D eigenvalue weighted by atomic mass is 16.1. The number of nitrogens with two attached hydrogens (primary N) is 1. The van der Waals surface area contributed by atoms with Crippen molar-refractivity contribution in [1.82, 2.24) is 0 Å². The molecule has 0 bridgehead atoms. The molecule has 3 heteroatoms. The summed E-state index contributed by atoms with van der Waals surface area (Å²) in [5, 5.41) is 0. The summed E-state index contributed by atoms with van der Waals surface area (Å²) in [5.41, 5.74) is 9.43. The predicted molar refractivity (Wildman–Crippen MR) is 94.7 cm³/mol. The van der Waals surface area contributed by atoms with E-state index in [9.17, 15) is 4.79 Å². The standard InChI is InChI=1S/C20H22N2O/c1-14(2)22-13-7-12-20(19(21)23)17-10-5-3-8-15(17)16-9-4-6-11-18(16)20/h3-6,8-11,13-14H,7,12H2,1-2H3,(H2,21,23). The highest BCUT2D eigenvalue weighted by molar-refractivity contribution is 6.00. The van der Waals surface area contributed by atoms with Crippen LogP contribution in [0.25, 0.3) is 11.1 Å². The van der Waals surface area contributed by atoms with Crippen molar-refractivity contribution in [2.75, 3.05) is 0 Å². The molecule has 1 aliphatic rings. The predicted octanol–water partition coefficient (Wildman–Crippen LogP) is 3.70. The second-order valence-electron chi connectivity index (χ2n) is 6.32. The Morgan fingerprint density at radius 2 is 1.61 bits per heavy atom. The molecule has 0 fully saturated rings. The second-order valence-corrected chi connectivity index (χ2v) is 6.32. The lowest BCUT2D eigenvalue weighted by Gasteiger charge is -2.28. The average molecular weight is 306 g/mol. The van der Waals surface area contributed by atoms with Crippen LogP contribution in [0.1, 0.15) is 37.8 Å². The van der Waals surface area contributed by atoms with E-state index < -0.39 is 5.41 Å². The monoisotopic (exact) mass is 306 g/mol. The maximum absolute atomic E-state index is 12.6. The Bertz CT molecular complexity index is 716. The Balaban J connectivity index is 2.10. The SMILES string of the molecule is CC(C)N=CCCC1(C(N)=O)c2ccccc2-c2ccccc21. The number of rotatable bonds is 5. The molecule has 1 amide bonds. The van der Waals surface area contributed by atoms with Gasteiger partial charge in [-0.05, 0) is 55.2 Å². The molecule has 0 atom stereocenters. The molecule has 0 aromatic heterocycles. The van der Waals surface area contributed by atoms with E-state index in [4.69, 9.17) is 5.73 Å². The van der Waals surface area contributed by atoms with Gasteiger partial charge in [0.15, 0.2) is 0 Å². The number of benzene rings is 2. The Labute approximate surface area is 137 Å². The van der Waals surface area contributed by atoms with Gasteiger partial charge in [0.1, 0.15) is 5.41 Å². The Morgan fingerprint density at radius 3 is 2.09 bits per heavy atom. The fraction of sp³-hybridized carbons (Fsp3) is 0.300. The summed E-state index contributed by atoms with van der Waals surface area (Å²) in [7, 11) is 0. The van der Waals surface area contributed by atoms with Crippen molar-refractivity contribution in [3.63, 3.8) is 0 Å². The van der Waals surface area contributed by atoms with Gasteiger partial charge in [0.2, 0.25) is 5.91 Å². The molecular weight excluding hydrogens is 284 g/mol. The first-order chi connectivity index (χ1) is 11.1. The van der Waals surface area contributed by atoms with E-state index in [1.165, 1.54) is 0 Å². The highest BCUT2D eigenvalue weighted by Gasteiger charge is 2.47. The minimum absolute atomic E-state index is 0.266. The molecule has 0 saturated heterocycles. The third kappa shape index (κ3) is 2.46. The molecule has 0 radical (unpaired) electrons. The van der Waals surface area contributed by atoms with E-state index in [2.05, 4.69) is 17.1 Å². The number of primary amides is 1. The molecule has 0 unspecified atom stereocenters. The number of hydrogen-bond acceptors (Lipinski definition) is 2. The van der Waals surface area contributed by atoms with Gasteiger partial charge >= 0.3 is 0 Å². The fourth-order valence-corrected chi connectivity index (χ4v) is 3.55. The molecule has 0 saturated carbocycles. The zero-order valence-electron chi connectivity index (χ0n) is 13.6. The van der Waals surface area contributed by atoms with Crippen molar-refractivity contribution in [3.8, 4) is 11.1 Å². The maximum Gasteiger partial charge on any atom is 0.232 e. The van der Waals surface area contributed by atoms with Crippen LogP contribution < -0.4 is 5.73 Å². The largest absolute Gasteiger partial charge is 0.369 e. The Morgan fingerprint density at radius 1 is 1.09 bits per heavy atom. The number of carbonyl (C=O) groups is 1. The molecular formula is C20H22N2O. The second kappa shape index (κ2) is 5.99. The van der Waals surface area contributed by atoms with Gasteiger partial charge in [-0.25, -0.2) is 0 Å². The van der Waals surface area contributed by atoms with Crippen LogP contribution in [0, 0.1) is 0 Å². The summed E-state index contributed by atoms with van der Waals surface area (Å²) in [6, 6.07) is 16.4. The molecule has 3 rings (SSSR count). The van der Waals surface area contributed by atoms with Gasteiger partial charge in [0.25, 0.3) is 0 Å². The summed E-state index contributed by atoms with van der Waals surface area (Å²) in [4.78, 5) is 17.0. The van der Waals surface area contributed by atoms with Crippen LogP contribution in [0.15, 0.2) is 53.5 Å². The van der Waals surface area contributed by atoms with Crippen molar-refractivity contribution >= 4 is 12.1 Å². The van der Waals surface area contributed by atoms with E-state index in [0.717, 1.165) is 28.7 Å². The van der Waals surface area contributed by atoms with Crippen LogP contribution in [0.2, 0.25) is 0 Å². The van der Waals surface area contributed by atoms with Gasteiger partial charge in [0.05, 0.1) is 0 Å². The molecule has 2 aromatic carbocycles. The lowest BCUT2D eigenvalue weighted by molar-refractivity contribution is -0.122. The molecule has 1 aliphatic carbocycles. The van der Waals surface area contributed by atoms with Gasteiger partial charge in [-0.1, -0.05) is 48.5 Å². The molecule has 2 aromatic rings. The van der Waals surface area contributed by atoms with Crippen molar-refractivity contribution in [2.24, 2.45) is 10.7 Å². The summed E-state index contributed by atoms with van der Waals surface area (Å²) in [6.07, 6.45) is 3.29. The third-order valence-corrected chi connectivity index (χ3v) is 4.54. The van der Waals surface area contributed by atoms with Gasteiger partial charge < -0.3 is 5.73 Å². The number of aliphatic imine (C=N–C) groups is 1. The molecule has 0 heterocycles. The minimum atomic E-state index is -0.754. The third-order valence-electron chi connectivity index (χ3n) is 4.54. The van der Waals surface area contributed by atoms with Crippen molar-refractivity contribution in [3.05, 3.63) is 59.7 Å². The van der Waals surface area contributed by atoms with E-state index in [1.807, 2.05) is 56.5 Å². The van der Waals surface area contributed by atoms with E-state index in [1.54, 1.807) is 0 Å². The molecule has 118 valence electrons. The van der Waals surface area contributed by atoms with Crippen LogP contribution in [0.5, 0.6) is 0 Å². The van der Waals surface area contributed by atoms with Crippen LogP contribution in [-0.4, -0.2) is 18.2 Å². The van der Waals surface area contributed by atoms with E-state index >= 15 is 0 Å². The molecule has 2 N–H and O–H groups in total. The quantitative estimate of drug-likeness (QED) is 0.841. The fourth-order valence-electron chi connectivity index (χ4n) is 3.55. The highest BCUT2D eigenvalue weighted by Crippen LogP contribution is 2.50. The number of nitrogens with zero attached hydrogens (tertiary/aromatic N) is 1. The lowest BCUT2D eigenvalue weighted by atomic mass is 9.74. The Kier molecular flexibility index (Phi) is 4.03. The summed E-state index contributed by atoms with van der Waals surface area (Å²) in [5.74, 6) is -0.284. The molecule has 23 heavy (non-hydrogen) atoms. The Hall–Kier alpha value is -2.42. The minimum Gasteiger partial charge on any atom is -0.369 e. The molecule has 0 spiro atoms. The topological polar surface area (TPSA) is 55.4 Å². The van der Waals surface area contributed by atoms with Crippen molar-refractivity contribution < 1.29 is 4.79 Å². The van der Waals surface area contributed by atoms with Crippen LogP contribution in [0.3, 0.4) is 0 Å². The van der Waals surface area contributed by atoms with Crippen LogP contribution >= 0.6 is 0 Å². The summed E-state index contributed by atoms with van der Waals surface area (Å²) in [6.45, 7) is 4.08. The van der Waals surface area contributed by atoms with Crippen molar-refractivity contribution in [1.29, 1.82) is 0 Å². The van der Waals surface area contributed by atoms with Gasteiger partial charge in [-0.15, -0.1) is 0 Å². The zero-order valence-corrected chi connectivity index (χ0v) is 13.6. The number of amides is 1. The van der Waals surface area contributed by atoms with Gasteiger partial charge in [-0.2, -0.15) is 0 Å². The zero-order chi connectivity index (χ0) is 16.4. The van der Waals surface area contributed by atoms with Gasteiger partial charge in [-0.3, -0.25) is 9.79 Å². The first kappa shape index (κ1) is 15.5. The number of fused-ring (bicyclic) bond motifs is 3. The first-order valence-electron chi connectivity index (χ1n) is 8.08. The number of carbonyl (C=O) groups excluding carboxylic acids is 1. The normalized spacial score (nSPS) is 14.9. The first-order valence-corrected chi connectivity index (χ1v) is 8.08. The number of hydrogen-bond donors (Lipinski definition) is 1. The molecule has 0 aliphatic heterocycles. The molecule has 3 nitrogen and oxygen atoms in total. The summed E-state index contributed by atoms with van der Waals surface area (Å²) >= 11 is 0. The average Bonchev–Trinajstić information content (AvgIpc) is 2.83. The van der Waals surface area contributed by atoms with E-state index in [0.29, 0.717) is 6.42 Å². The summed E-state index contributed by atoms with van der Waals surface area (Å²) < 4.78 is 0. The van der Waals surface area contributed by atoms with E-state index in [-0.39, 0.29) is 11.9 Å². The smallest absolute Gasteiger partial charge is 0.232 e. The van der Waals surface area contributed by atoms with Gasteiger partial charge in [0, 0.05) is 6.04 Å². The lowest BCUT2D eigenvalue weighted by Crippen LogP contribution is -2.40. The van der Waals surface area contributed by atoms with Crippen molar-refractivity contribution in [2.45, 2.75) is 38.1 Å². The van der Waals surface area contributed by atoms with Crippen LogP contribution in [0.4, 0.5) is 0 Å². The van der Waals surface area contributed by atoms with Crippen LogP contribution in [-0.2, 0) is 10.2 Å².